The van der Waals surface area contributed by atoms with Gasteiger partial charge in [-0.05, 0) is 23.5 Å². The Morgan fingerprint density at radius 1 is 1.42 bits per heavy atom. The number of carbonyl (C=O) groups is 2. The fourth-order valence-electron chi connectivity index (χ4n) is 1.69. The molecule has 0 bridgehead atoms. The molecular weight excluding hydrogens is 244 g/mol. The van der Waals surface area contributed by atoms with E-state index >= 15 is 0 Å². The van der Waals surface area contributed by atoms with Gasteiger partial charge in [-0.15, -0.1) is 0 Å². The second-order valence-electron chi connectivity index (χ2n) is 5.57. The van der Waals surface area contributed by atoms with E-state index in [4.69, 9.17) is 5.11 Å². The summed E-state index contributed by atoms with van der Waals surface area (Å²) in [5, 5.41) is 11.7. The minimum atomic E-state index is -1.01. The number of nitrogens with one attached hydrogen (secondary N) is 1. The van der Waals surface area contributed by atoms with E-state index in [1.165, 1.54) is 0 Å². The maximum atomic E-state index is 11.8. The number of hydrogen-bond acceptors (Lipinski definition) is 3. The molecule has 0 saturated carbocycles. The van der Waals surface area contributed by atoms with Crippen molar-refractivity contribution in [2.45, 2.75) is 39.7 Å². The van der Waals surface area contributed by atoms with Crippen LogP contribution in [0.3, 0.4) is 0 Å². The van der Waals surface area contributed by atoms with Gasteiger partial charge in [0.15, 0.2) is 0 Å². The fourth-order valence-corrected chi connectivity index (χ4v) is 1.69. The number of aliphatic carboxylic acids is 1. The SMILES string of the molecule is CC(C)(C)[C@H](NC(=O)CCc1cccnc1)C(=O)O. The molecule has 0 radical (unpaired) electrons. The molecule has 1 aromatic heterocycles. The number of nitrogens with zero attached hydrogens (tertiary/aromatic N) is 1. The fraction of sp³-hybridized carbons (Fsp3) is 0.500. The highest BCUT2D eigenvalue weighted by molar-refractivity contribution is 5.84. The van der Waals surface area contributed by atoms with Gasteiger partial charge < -0.3 is 10.4 Å². The standard InChI is InChI=1S/C14H20N2O3/c1-14(2,3)12(13(18)19)16-11(17)7-6-10-5-4-8-15-9-10/h4-5,8-9,12H,6-7H2,1-3H3,(H,16,17)(H,18,19)/t12-/m1/s1. The number of hydrogen-bond donors (Lipinski definition) is 2. The molecule has 0 fully saturated rings. The molecule has 0 spiro atoms. The highest BCUT2D eigenvalue weighted by Crippen LogP contribution is 2.19. The second-order valence-corrected chi connectivity index (χ2v) is 5.57. The third kappa shape index (κ3) is 5.07. The molecule has 0 aliphatic rings. The van der Waals surface area contributed by atoms with E-state index in [1.54, 1.807) is 33.2 Å². The van der Waals surface area contributed by atoms with Crippen molar-refractivity contribution in [2.75, 3.05) is 0 Å². The number of carbonyl (C=O) groups excluding carboxylic acids is 1. The minimum Gasteiger partial charge on any atom is -0.480 e. The van der Waals surface area contributed by atoms with Gasteiger partial charge in [0.25, 0.3) is 0 Å². The quantitative estimate of drug-likeness (QED) is 0.847. The highest BCUT2D eigenvalue weighted by Gasteiger charge is 2.32. The molecule has 1 amide bonds. The summed E-state index contributed by atoms with van der Waals surface area (Å²) in [5.74, 6) is -1.27. The average molecular weight is 264 g/mol. The number of rotatable bonds is 5. The summed E-state index contributed by atoms with van der Waals surface area (Å²) in [6.07, 6.45) is 4.18. The first-order chi connectivity index (χ1) is 8.80. The molecule has 1 atom stereocenters. The van der Waals surface area contributed by atoms with E-state index in [1.807, 2.05) is 12.1 Å². The lowest BCUT2D eigenvalue weighted by Crippen LogP contribution is -2.49. The Kier molecular flexibility index (Phi) is 5.03. The summed E-state index contributed by atoms with van der Waals surface area (Å²) in [4.78, 5) is 26.9. The van der Waals surface area contributed by atoms with Crippen LogP contribution in [0.4, 0.5) is 0 Å². The predicted octanol–water partition coefficient (Wildman–Crippen LogP) is 1.63. The van der Waals surface area contributed by atoms with E-state index in [9.17, 15) is 9.59 Å². The van der Waals surface area contributed by atoms with E-state index < -0.39 is 17.4 Å². The first-order valence-corrected chi connectivity index (χ1v) is 6.22. The summed E-state index contributed by atoms with van der Waals surface area (Å²) >= 11 is 0. The van der Waals surface area contributed by atoms with Crippen molar-refractivity contribution in [1.29, 1.82) is 0 Å². The minimum absolute atomic E-state index is 0.256. The average Bonchev–Trinajstić information content (AvgIpc) is 2.33. The zero-order valence-electron chi connectivity index (χ0n) is 11.5. The van der Waals surface area contributed by atoms with Crippen molar-refractivity contribution in [3.05, 3.63) is 30.1 Å². The van der Waals surface area contributed by atoms with Gasteiger partial charge in [0, 0.05) is 18.8 Å². The van der Waals surface area contributed by atoms with E-state index in [2.05, 4.69) is 10.3 Å². The van der Waals surface area contributed by atoms with Gasteiger partial charge in [-0.25, -0.2) is 4.79 Å². The maximum absolute atomic E-state index is 11.8. The third-order valence-corrected chi connectivity index (χ3v) is 2.78. The number of aryl methyl sites for hydroxylation is 1. The summed E-state index contributed by atoms with van der Waals surface area (Å²) < 4.78 is 0. The lowest BCUT2D eigenvalue weighted by molar-refractivity contribution is -0.144. The van der Waals surface area contributed by atoms with Crippen molar-refractivity contribution in [1.82, 2.24) is 10.3 Å². The number of amides is 1. The third-order valence-electron chi connectivity index (χ3n) is 2.78. The Hall–Kier alpha value is -1.91. The van der Waals surface area contributed by atoms with Gasteiger partial charge >= 0.3 is 5.97 Å². The van der Waals surface area contributed by atoms with Gasteiger partial charge in [0.2, 0.25) is 5.91 Å². The molecule has 19 heavy (non-hydrogen) atoms. The van der Waals surface area contributed by atoms with Crippen molar-refractivity contribution >= 4 is 11.9 Å². The summed E-state index contributed by atoms with van der Waals surface area (Å²) in [6, 6.07) is 2.81. The number of pyridine rings is 1. The van der Waals surface area contributed by atoms with Crippen LogP contribution in [0.15, 0.2) is 24.5 Å². The normalized spacial score (nSPS) is 12.8. The molecule has 5 heteroatoms. The van der Waals surface area contributed by atoms with Crippen molar-refractivity contribution in [2.24, 2.45) is 5.41 Å². The first kappa shape index (κ1) is 15.1. The van der Waals surface area contributed by atoms with Crippen LogP contribution in [0.1, 0.15) is 32.8 Å². The Balaban J connectivity index is 2.52. The molecule has 0 saturated heterocycles. The van der Waals surface area contributed by atoms with Crippen LogP contribution in [0.25, 0.3) is 0 Å². The zero-order valence-corrected chi connectivity index (χ0v) is 11.5. The number of aromatic nitrogens is 1. The summed E-state index contributed by atoms with van der Waals surface area (Å²) in [7, 11) is 0. The Bertz CT molecular complexity index is 438. The van der Waals surface area contributed by atoms with Crippen LogP contribution in [-0.4, -0.2) is 28.0 Å². The molecule has 104 valence electrons. The molecule has 5 nitrogen and oxygen atoms in total. The van der Waals surface area contributed by atoms with Crippen LogP contribution in [0, 0.1) is 5.41 Å². The molecule has 1 aromatic rings. The van der Waals surface area contributed by atoms with Crippen LogP contribution < -0.4 is 5.32 Å². The number of carboxylic acid groups (broad SMARTS) is 1. The molecule has 0 aliphatic heterocycles. The molecule has 0 aromatic carbocycles. The van der Waals surface area contributed by atoms with Crippen LogP contribution >= 0.6 is 0 Å². The monoisotopic (exact) mass is 264 g/mol. The van der Waals surface area contributed by atoms with Crippen LogP contribution in [0.2, 0.25) is 0 Å². The smallest absolute Gasteiger partial charge is 0.326 e. The second kappa shape index (κ2) is 6.31. The predicted molar refractivity (Wildman–Crippen MR) is 71.6 cm³/mol. The van der Waals surface area contributed by atoms with Gasteiger partial charge in [-0.3, -0.25) is 9.78 Å². The highest BCUT2D eigenvalue weighted by atomic mass is 16.4. The van der Waals surface area contributed by atoms with Crippen LogP contribution in [0.5, 0.6) is 0 Å². The lowest BCUT2D eigenvalue weighted by Gasteiger charge is -2.27. The van der Waals surface area contributed by atoms with Gasteiger partial charge in [0.1, 0.15) is 6.04 Å². The van der Waals surface area contributed by atoms with E-state index in [0.717, 1.165) is 5.56 Å². The summed E-state index contributed by atoms with van der Waals surface area (Å²) in [6.45, 7) is 5.35. The molecule has 0 unspecified atom stereocenters. The van der Waals surface area contributed by atoms with Gasteiger partial charge in [-0.1, -0.05) is 26.8 Å². The maximum Gasteiger partial charge on any atom is 0.326 e. The number of carboxylic acids is 1. The molecule has 1 rings (SSSR count). The largest absolute Gasteiger partial charge is 0.480 e. The molecule has 2 N–H and O–H groups in total. The van der Waals surface area contributed by atoms with Gasteiger partial charge in [0.05, 0.1) is 0 Å². The Morgan fingerprint density at radius 3 is 2.58 bits per heavy atom. The summed E-state index contributed by atoms with van der Waals surface area (Å²) in [5.41, 5.74) is 0.441. The molecule has 0 aliphatic carbocycles. The van der Waals surface area contributed by atoms with Crippen molar-refractivity contribution in [3.63, 3.8) is 0 Å². The van der Waals surface area contributed by atoms with Gasteiger partial charge in [-0.2, -0.15) is 0 Å². The Morgan fingerprint density at radius 2 is 2.11 bits per heavy atom. The topological polar surface area (TPSA) is 79.3 Å². The van der Waals surface area contributed by atoms with Crippen molar-refractivity contribution in [3.8, 4) is 0 Å². The van der Waals surface area contributed by atoms with E-state index in [-0.39, 0.29) is 12.3 Å². The van der Waals surface area contributed by atoms with Crippen molar-refractivity contribution < 1.29 is 14.7 Å². The molecule has 1 heterocycles. The lowest BCUT2D eigenvalue weighted by atomic mass is 9.86. The van der Waals surface area contributed by atoms with E-state index in [0.29, 0.717) is 6.42 Å². The molecular formula is C14H20N2O3. The first-order valence-electron chi connectivity index (χ1n) is 6.22. The van der Waals surface area contributed by atoms with Crippen LogP contribution in [-0.2, 0) is 16.0 Å². The Labute approximate surface area is 113 Å². The zero-order chi connectivity index (χ0) is 14.5.